The lowest BCUT2D eigenvalue weighted by Crippen LogP contribution is -2.57. The quantitative estimate of drug-likeness (QED) is 0.552. The van der Waals surface area contributed by atoms with Crippen molar-refractivity contribution in [3.8, 4) is 0 Å². The Morgan fingerprint density at radius 1 is 1.18 bits per heavy atom. The van der Waals surface area contributed by atoms with E-state index in [0.717, 1.165) is 5.70 Å². The summed E-state index contributed by atoms with van der Waals surface area (Å²) in [5.74, 6) is -1.18. The first-order valence-corrected chi connectivity index (χ1v) is 11.5. The van der Waals surface area contributed by atoms with E-state index in [0.29, 0.717) is 54.2 Å². The van der Waals surface area contributed by atoms with Gasteiger partial charge in [0.2, 0.25) is 0 Å². The Hall–Kier alpha value is -3.94. The van der Waals surface area contributed by atoms with Crippen LogP contribution in [-0.4, -0.2) is 70.4 Å². The first-order chi connectivity index (χ1) is 16.5. The van der Waals surface area contributed by atoms with Crippen LogP contribution in [0.4, 0.5) is 0 Å². The van der Waals surface area contributed by atoms with Crippen molar-refractivity contribution in [1.82, 2.24) is 14.8 Å². The second-order valence-corrected chi connectivity index (χ2v) is 8.65. The van der Waals surface area contributed by atoms with Gasteiger partial charge in [0.15, 0.2) is 0 Å². The van der Waals surface area contributed by atoms with E-state index in [1.807, 2.05) is 37.3 Å². The molecule has 0 radical (unpaired) electrons. The average molecular weight is 461 g/mol. The molecule has 176 valence electrons. The first kappa shape index (κ1) is 21.9. The van der Waals surface area contributed by atoms with Gasteiger partial charge in [-0.2, -0.15) is 0 Å². The number of ether oxygens (including phenoxy) is 1. The highest BCUT2D eigenvalue weighted by Gasteiger charge is 2.34. The summed E-state index contributed by atoms with van der Waals surface area (Å²) >= 11 is 0. The molecule has 1 saturated heterocycles. The van der Waals surface area contributed by atoms with E-state index >= 15 is 0 Å². The van der Waals surface area contributed by atoms with Crippen LogP contribution in [0.2, 0.25) is 0 Å². The van der Waals surface area contributed by atoms with E-state index < -0.39 is 11.7 Å². The number of hydrogen-bond donors (Lipinski definition) is 1. The van der Waals surface area contributed by atoms with Crippen molar-refractivity contribution >= 4 is 35.6 Å². The van der Waals surface area contributed by atoms with Gasteiger partial charge >= 0.3 is 0 Å². The van der Waals surface area contributed by atoms with Crippen LogP contribution >= 0.6 is 0 Å². The molecule has 2 atom stereocenters. The fourth-order valence-corrected chi connectivity index (χ4v) is 4.69. The number of H-pyrrole nitrogens is 1. The van der Waals surface area contributed by atoms with Gasteiger partial charge in [0.25, 0.3) is 17.6 Å². The van der Waals surface area contributed by atoms with Crippen LogP contribution in [-0.2, 0) is 9.53 Å². The molecule has 0 spiro atoms. The van der Waals surface area contributed by atoms with Gasteiger partial charge in [-0.1, -0.05) is 24.3 Å². The SMILES string of the molecule is C[C@@H]1CN(C(=O)c2ccccc2)CCN1C(=O)C(=O)c1c[nH]c2c1=CCC=NC=2C1CC=CO1.[HH]. The standard InChI is InChI=1S/C26H26N4O4.H2/c1-17-16-29(25(32)18-7-3-2-4-8-18)12-13-30(17)26(33)24(31)20-15-28-22-19(20)9-5-11-27-23(22)21-10-6-14-34-21;/h2-4,6-9,11,14-15,17,21,28H,5,10,12-13,16H2,1H3;1H/t17-,21?;/m1./s1. The van der Waals surface area contributed by atoms with E-state index in [2.05, 4.69) is 9.98 Å². The molecule has 2 aromatic rings. The highest BCUT2D eigenvalue weighted by Crippen LogP contribution is 2.19. The largest absolute Gasteiger partial charge is 0.492 e. The number of nitrogens with one attached hydrogen (secondary N) is 1. The fourth-order valence-electron chi connectivity index (χ4n) is 4.69. The Balaban J connectivity index is 0.00000289. The summed E-state index contributed by atoms with van der Waals surface area (Å²) in [6.07, 6.45) is 9.92. The van der Waals surface area contributed by atoms with Crippen molar-refractivity contribution < 1.29 is 20.5 Å². The third kappa shape index (κ3) is 3.96. The van der Waals surface area contributed by atoms with Gasteiger partial charge < -0.3 is 19.5 Å². The summed E-state index contributed by atoms with van der Waals surface area (Å²) < 4.78 is 5.64. The average Bonchev–Trinajstić information content (AvgIpc) is 3.50. The number of fused-ring (bicyclic) bond motifs is 1. The summed E-state index contributed by atoms with van der Waals surface area (Å²) in [6, 6.07) is 8.81. The molecular weight excluding hydrogens is 432 g/mol. The summed E-state index contributed by atoms with van der Waals surface area (Å²) in [4.78, 5) is 50.3. The Morgan fingerprint density at radius 3 is 2.74 bits per heavy atom. The number of amides is 2. The third-order valence-corrected chi connectivity index (χ3v) is 6.46. The zero-order valence-electron chi connectivity index (χ0n) is 18.9. The van der Waals surface area contributed by atoms with Crippen LogP contribution in [0.5, 0.6) is 0 Å². The number of nitrogens with zero attached hydrogens (tertiary/aromatic N) is 3. The summed E-state index contributed by atoms with van der Waals surface area (Å²) in [7, 11) is 0. The molecular formula is C26H28N4O4. The molecule has 1 aromatic heterocycles. The number of ketones is 1. The maximum atomic E-state index is 13.3. The van der Waals surface area contributed by atoms with Crippen molar-refractivity contribution in [3.63, 3.8) is 0 Å². The Bertz CT molecular complexity index is 1310. The van der Waals surface area contributed by atoms with Gasteiger partial charge in [-0.05, 0) is 25.1 Å². The second kappa shape index (κ2) is 9.13. The molecule has 0 bridgehead atoms. The van der Waals surface area contributed by atoms with E-state index in [9.17, 15) is 14.4 Å². The number of Topliss-reactive ketones (excluding diaryl/α,β-unsaturated/α-hetero) is 1. The van der Waals surface area contributed by atoms with E-state index in [1.165, 1.54) is 0 Å². The van der Waals surface area contributed by atoms with Gasteiger partial charge in [0.05, 0.1) is 17.2 Å². The van der Waals surface area contributed by atoms with Crippen LogP contribution in [0.1, 0.15) is 41.9 Å². The third-order valence-electron chi connectivity index (χ3n) is 6.46. The van der Waals surface area contributed by atoms with Crippen molar-refractivity contribution in [2.75, 3.05) is 19.6 Å². The number of rotatable bonds is 4. The Kier molecular flexibility index (Phi) is 5.88. The van der Waals surface area contributed by atoms with Crippen molar-refractivity contribution in [3.05, 3.63) is 70.6 Å². The fraction of sp³-hybridized carbons (Fsp3) is 0.308. The number of carbonyl (C=O) groups excluding carboxylic acids is 3. The number of piperazine rings is 1. The molecule has 2 amide bonds. The minimum Gasteiger partial charge on any atom is -0.492 e. The van der Waals surface area contributed by atoms with Crippen LogP contribution in [0, 0.1) is 0 Å². The molecule has 3 aliphatic heterocycles. The zero-order valence-corrected chi connectivity index (χ0v) is 18.9. The normalized spacial score (nSPS) is 21.5. The van der Waals surface area contributed by atoms with Gasteiger partial charge in [-0.15, -0.1) is 0 Å². The van der Waals surface area contributed by atoms with E-state index in [4.69, 9.17) is 4.74 Å². The second-order valence-electron chi connectivity index (χ2n) is 8.65. The van der Waals surface area contributed by atoms with Crippen molar-refractivity contribution in [1.29, 1.82) is 0 Å². The highest BCUT2D eigenvalue weighted by molar-refractivity contribution is 6.42. The van der Waals surface area contributed by atoms with Gasteiger partial charge in [-0.25, -0.2) is 0 Å². The van der Waals surface area contributed by atoms with Gasteiger partial charge in [0.1, 0.15) is 11.8 Å². The van der Waals surface area contributed by atoms with E-state index in [1.54, 1.807) is 40.6 Å². The van der Waals surface area contributed by atoms with Crippen molar-refractivity contribution in [2.24, 2.45) is 4.99 Å². The number of hydrogen-bond acceptors (Lipinski definition) is 5. The molecule has 5 rings (SSSR count). The number of benzene rings is 1. The molecule has 3 aliphatic rings. The lowest BCUT2D eigenvalue weighted by molar-refractivity contribution is -0.130. The summed E-state index contributed by atoms with van der Waals surface area (Å²) in [5.41, 5.74) is 1.68. The maximum Gasteiger partial charge on any atom is 0.295 e. The Labute approximate surface area is 198 Å². The topological polar surface area (TPSA) is 95.1 Å². The van der Waals surface area contributed by atoms with Crippen LogP contribution in [0.15, 0.2) is 53.9 Å². The minimum atomic E-state index is -0.560. The molecule has 0 saturated carbocycles. The van der Waals surface area contributed by atoms with Gasteiger partial charge in [0, 0.05) is 63.1 Å². The number of aliphatic imine (C=N–C) groups is 1. The summed E-state index contributed by atoms with van der Waals surface area (Å²) in [6.45, 7) is 2.93. The summed E-state index contributed by atoms with van der Waals surface area (Å²) in [5, 5.41) is 1.40. The molecule has 1 aromatic carbocycles. The number of aromatic nitrogens is 1. The minimum absolute atomic E-state index is 0. The molecule has 1 fully saturated rings. The number of carbonyl (C=O) groups is 3. The van der Waals surface area contributed by atoms with Crippen LogP contribution in [0.3, 0.4) is 0 Å². The molecule has 1 unspecified atom stereocenters. The van der Waals surface area contributed by atoms with Crippen LogP contribution < -0.4 is 10.6 Å². The van der Waals surface area contributed by atoms with E-state index in [-0.39, 0.29) is 19.5 Å². The van der Waals surface area contributed by atoms with Crippen molar-refractivity contribution in [2.45, 2.75) is 31.9 Å². The molecule has 34 heavy (non-hydrogen) atoms. The Morgan fingerprint density at radius 2 is 2.00 bits per heavy atom. The smallest absolute Gasteiger partial charge is 0.295 e. The molecule has 1 N–H and O–H groups in total. The zero-order chi connectivity index (χ0) is 23.7. The molecule has 4 heterocycles. The molecule has 8 nitrogen and oxygen atoms in total. The van der Waals surface area contributed by atoms with Crippen LogP contribution in [0.25, 0.3) is 11.8 Å². The highest BCUT2D eigenvalue weighted by atomic mass is 16.5. The lowest BCUT2D eigenvalue weighted by atomic mass is 10.1. The monoisotopic (exact) mass is 460 g/mol. The molecule has 0 aliphatic carbocycles. The number of aromatic amines is 1. The lowest BCUT2D eigenvalue weighted by Gasteiger charge is -2.39. The molecule has 8 heteroatoms. The predicted molar refractivity (Wildman–Crippen MR) is 130 cm³/mol. The maximum absolute atomic E-state index is 13.3. The predicted octanol–water partition coefficient (Wildman–Crippen LogP) is 1.48. The first-order valence-electron chi connectivity index (χ1n) is 11.5. The van der Waals surface area contributed by atoms with Gasteiger partial charge in [-0.3, -0.25) is 19.4 Å².